The molecule has 1 aromatic carbocycles. The zero-order valence-electron chi connectivity index (χ0n) is 12.8. The van der Waals surface area contributed by atoms with Crippen molar-refractivity contribution in [2.45, 2.75) is 39.0 Å². The average Bonchev–Trinajstić information content (AvgIpc) is 3.20. The Morgan fingerprint density at radius 2 is 2.14 bits per heavy atom. The minimum absolute atomic E-state index is 0.283. The van der Waals surface area contributed by atoms with Crippen LogP contribution in [-0.4, -0.2) is 25.5 Å². The van der Waals surface area contributed by atoms with Crippen molar-refractivity contribution in [1.29, 1.82) is 0 Å². The summed E-state index contributed by atoms with van der Waals surface area (Å²) < 4.78 is 0. The van der Waals surface area contributed by atoms with Gasteiger partial charge < -0.3 is 10.2 Å². The van der Waals surface area contributed by atoms with Crippen LogP contribution in [0, 0.1) is 18.3 Å². The van der Waals surface area contributed by atoms with Gasteiger partial charge >= 0.3 is 0 Å². The summed E-state index contributed by atoms with van der Waals surface area (Å²) in [5.74, 6) is 0.678. The second-order valence-electron chi connectivity index (χ2n) is 7.05. The molecule has 1 saturated carbocycles. The second kappa shape index (κ2) is 4.84. The molecule has 3 nitrogen and oxygen atoms in total. The van der Waals surface area contributed by atoms with Gasteiger partial charge in [-0.3, -0.25) is 4.79 Å². The molecule has 1 saturated heterocycles. The maximum Gasteiger partial charge on any atom is 0.230 e. The number of carbonyl (C=O) groups excluding carboxylic acids is 1. The van der Waals surface area contributed by atoms with E-state index in [4.69, 9.17) is 0 Å². The predicted octanol–water partition coefficient (Wildman–Crippen LogP) is 2.66. The molecule has 3 aliphatic rings. The monoisotopic (exact) mass is 284 g/mol. The first-order chi connectivity index (χ1) is 10.2. The molecule has 1 amide bonds. The van der Waals surface area contributed by atoms with E-state index in [1.165, 1.54) is 29.7 Å². The summed E-state index contributed by atoms with van der Waals surface area (Å²) in [6, 6.07) is 6.44. The Bertz CT molecular complexity index is 575. The maximum absolute atomic E-state index is 13.1. The number of nitrogens with zero attached hydrogens (tertiary/aromatic N) is 1. The molecule has 21 heavy (non-hydrogen) atoms. The highest BCUT2D eigenvalue weighted by Gasteiger charge is 2.58. The molecule has 4 rings (SSSR count). The molecule has 2 heterocycles. The van der Waals surface area contributed by atoms with Crippen molar-refractivity contribution in [1.82, 2.24) is 5.32 Å². The number of anilines is 1. The van der Waals surface area contributed by atoms with Gasteiger partial charge in [-0.2, -0.15) is 0 Å². The van der Waals surface area contributed by atoms with Crippen molar-refractivity contribution < 1.29 is 4.79 Å². The van der Waals surface area contributed by atoms with E-state index in [2.05, 4.69) is 35.3 Å². The largest absolute Gasteiger partial charge is 0.317 e. The van der Waals surface area contributed by atoms with Gasteiger partial charge in [0.15, 0.2) is 0 Å². The number of amides is 1. The lowest BCUT2D eigenvalue weighted by Crippen LogP contribution is -2.39. The van der Waals surface area contributed by atoms with Crippen LogP contribution in [0.25, 0.3) is 0 Å². The molecule has 1 unspecified atom stereocenters. The van der Waals surface area contributed by atoms with E-state index in [-0.39, 0.29) is 5.92 Å². The zero-order valence-corrected chi connectivity index (χ0v) is 12.8. The van der Waals surface area contributed by atoms with E-state index >= 15 is 0 Å². The first-order valence-corrected chi connectivity index (χ1v) is 8.32. The van der Waals surface area contributed by atoms with Crippen LogP contribution in [0.2, 0.25) is 0 Å². The van der Waals surface area contributed by atoms with Crippen LogP contribution >= 0.6 is 0 Å². The van der Waals surface area contributed by atoms with Crippen molar-refractivity contribution in [2.75, 3.05) is 24.5 Å². The molecule has 0 aromatic heterocycles. The highest BCUT2D eigenvalue weighted by Crippen LogP contribution is 2.59. The van der Waals surface area contributed by atoms with Crippen LogP contribution in [0.5, 0.6) is 0 Å². The lowest BCUT2D eigenvalue weighted by molar-refractivity contribution is -0.120. The zero-order chi connectivity index (χ0) is 14.4. The Kier molecular flexibility index (Phi) is 3.07. The smallest absolute Gasteiger partial charge is 0.230 e. The summed E-state index contributed by atoms with van der Waals surface area (Å²) in [5, 5.41) is 3.42. The van der Waals surface area contributed by atoms with Gasteiger partial charge in [0.2, 0.25) is 5.91 Å². The van der Waals surface area contributed by atoms with Gasteiger partial charge in [-0.25, -0.2) is 0 Å². The minimum Gasteiger partial charge on any atom is -0.317 e. The Balaban J connectivity index is 1.60. The molecule has 1 N–H and O–H groups in total. The fraction of sp³-hybridized carbons (Fsp3) is 0.611. The molecule has 0 radical (unpaired) electrons. The number of fused-ring (bicyclic) bond motifs is 1. The molecule has 2 aliphatic heterocycles. The van der Waals surface area contributed by atoms with E-state index in [1.807, 2.05) is 0 Å². The van der Waals surface area contributed by atoms with E-state index < -0.39 is 0 Å². The average molecular weight is 284 g/mol. The topological polar surface area (TPSA) is 32.3 Å². The van der Waals surface area contributed by atoms with Crippen LogP contribution in [0.1, 0.15) is 36.8 Å². The van der Waals surface area contributed by atoms with Gasteiger partial charge in [-0.15, -0.1) is 0 Å². The number of aryl methyl sites for hydroxylation is 2. The first-order valence-electron chi connectivity index (χ1n) is 8.32. The van der Waals surface area contributed by atoms with Crippen LogP contribution in [0.3, 0.4) is 0 Å². The third kappa shape index (κ3) is 2.10. The molecule has 1 aromatic rings. The quantitative estimate of drug-likeness (QED) is 0.860. The molecule has 2 fully saturated rings. The van der Waals surface area contributed by atoms with Crippen molar-refractivity contribution in [3.63, 3.8) is 0 Å². The first kappa shape index (κ1) is 13.3. The fourth-order valence-electron chi connectivity index (χ4n) is 4.43. The Morgan fingerprint density at radius 3 is 2.95 bits per heavy atom. The predicted molar refractivity (Wildman–Crippen MR) is 84.5 cm³/mol. The molecule has 1 aliphatic carbocycles. The molecule has 3 heteroatoms. The van der Waals surface area contributed by atoms with Gasteiger partial charge in [0.25, 0.3) is 0 Å². The third-order valence-electron chi connectivity index (χ3n) is 5.77. The number of carbonyl (C=O) groups is 1. The SMILES string of the molecule is Cc1cccc2c1N(C(=O)C1CC13CCNCC3)CCC2. The Morgan fingerprint density at radius 1 is 1.33 bits per heavy atom. The summed E-state index contributed by atoms with van der Waals surface area (Å²) in [5.41, 5.74) is 4.16. The fourth-order valence-corrected chi connectivity index (χ4v) is 4.43. The van der Waals surface area contributed by atoms with E-state index in [0.29, 0.717) is 11.3 Å². The third-order valence-corrected chi connectivity index (χ3v) is 5.77. The van der Waals surface area contributed by atoms with Crippen LogP contribution in [0.4, 0.5) is 5.69 Å². The summed E-state index contributed by atoms with van der Waals surface area (Å²) in [4.78, 5) is 15.2. The van der Waals surface area contributed by atoms with Gasteiger partial charge in [0.1, 0.15) is 0 Å². The number of hydrogen-bond donors (Lipinski definition) is 1. The highest BCUT2D eigenvalue weighted by atomic mass is 16.2. The normalized spacial score (nSPS) is 26.5. The number of para-hydroxylation sites is 1. The number of piperidine rings is 1. The summed E-state index contributed by atoms with van der Waals surface area (Å²) in [6.45, 7) is 5.21. The van der Waals surface area contributed by atoms with Crippen LogP contribution in [-0.2, 0) is 11.2 Å². The summed E-state index contributed by atoms with van der Waals surface area (Å²) in [6.07, 6.45) is 5.69. The van der Waals surface area contributed by atoms with Gasteiger partial charge in [-0.05, 0) is 68.7 Å². The molecule has 0 bridgehead atoms. The highest BCUT2D eigenvalue weighted by molar-refractivity contribution is 5.99. The second-order valence-corrected chi connectivity index (χ2v) is 7.05. The number of benzene rings is 1. The van der Waals surface area contributed by atoms with Crippen molar-refractivity contribution in [2.24, 2.45) is 11.3 Å². The minimum atomic E-state index is 0.283. The molecular formula is C18H24N2O. The standard InChI is InChI=1S/C18H24N2O/c1-13-4-2-5-14-6-3-11-20(16(13)14)17(21)15-12-18(15)7-9-19-10-8-18/h2,4-5,15,19H,3,6-12H2,1H3. The maximum atomic E-state index is 13.1. The lowest BCUT2D eigenvalue weighted by atomic mass is 9.91. The van der Waals surface area contributed by atoms with Gasteiger partial charge in [0.05, 0.1) is 0 Å². The van der Waals surface area contributed by atoms with E-state index in [1.54, 1.807) is 0 Å². The Hall–Kier alpha value is -1.35. The molecule has 112 valence electrons. The number of nitrogens with one attached hydrogen (secondary N) is 1. The van der Waals surface area contributed by atoms with Crippen molar-refractivity contribution in [3.8, 4) is 0 Å². The molecular weight excluding hydrogens is 260 g/mol. The summed E-state index contributed by atoms with van der Waals surface area (Å²) in [7, 11) is 0. The van der Waals surface area contributed by atoms with Crippen LogP contribution < -0.4 is 10.2 Å². The molecule has 1 atom stereocenters. The van der Waals surface area contributed by atoms with E-state index in [0.717, 1.165) is 38.9 Å². The summed E-state index contributed by atoms with van der Waals surface area (Å²) >= 11 is 0. The molecule has 1 spiro atoms. The number of hydrogen-bond acceptors (Lipinski definition) is 2. The van der Waals surface area contributed by atoms with Gasteiger partial charge in [-0.1, -0.05) is 18.2 Å². The number of rotatable bonds is 1. The van der Waals surface area contributed by atoms with Crippen LogP contribution in [0.15, 0.2) is 18.2 Å². The van der Waals surface area contributed by atoms with E-state index in [9.17, 15) is 4.79 Å². The van der Waals surface area contributed by atoms with Crippen molar-refractivity contribution >= 4 is 11.6 Å². The Labute approximate surface area is 126 Å². The van der Waals surface area contributed by atoms with Crippen molar-refractivity contribution in [3.05, 3.63) is 29.3 Å². The van der Waals surface area contributed by atoms with Gasteiger partial charge in [0, 0.05) is 18.2 Å². The lowest BCUT2D eigenvalue weighted by Gasteiger charge is -2.32.